The van der Waals surface area contributed by atoms with Gasteiger partial charge in [0.05, 0.1) is 0 Å². The van der Waals surface area contributed by atoms with Gasteiger partial charge in [0.2, 0.25) is 0 Å². The number of H-pyrrole nitrogens is 1. The Bertz CT molecular complexity index is 312. The lowest BCUT2D eigenvalue weighted by atomic mass is 10.2. The van der Waals surface area contributed by atoms with Gasteiger partial charge in [-0.1, -0.05) is 15.9 Å². The van der Waals surface area contributed by atoms with Crippen LogP contribution in [-0.4, -0.2) is 39.4 Å². The van der Waals surface area contributed by atoms with Gasteiger partial charge in [0, 0.05) is 24.6 Å². The molecule has 2 heterocycles. The standard InChI is InChI=1S/C9H12BrN3O/c10-5-7-2-4-13(6-7)9(14)8-1-3-11-12-8/h1,3,7H,2,4-6H2,(H,11,12). The van der Waals surface area contributed by atoms with Crippen molar-refractivity contribution in [1.29, 1.82) is 0 Å². The van der Waals surface area contributed by atoms with Crippen molar-refractivity contribution >= 4 is 21.8 Å². The zero-order chi connectivity index (χ0) is 9.97. The highest BCUT2D eigenvalue weighted by Gasteiger charge is 2.26. The first kappa shape index (κ1) is 9.71. The topological polar surface area (TPSA) is 49.0 Å². The fourth-order valence-corrected chi connectivity index (χ4v) is 2.22. The molecule has 2 rings (SSSR count). The van der Waals surface area contributed by atoms with Gasteiger partial charge in [0.15, 0.2) is 0 Å². The van der Waals surface area contributed by atoms with Gasteiger partial charge in [-0.05, 0) is 18.4 Å². The Morgan fingerprint density at radius 3 is 3.21 bits per heavy atom. The minimum atomic E-state index is 0.0611. The van der Waals surface area contributed by atoms with Gasteiger partial charge < -0.3 is 4.90 Å². The number of nitrogens with one attached hydrogen (secondary N) is 1. The lowest BCUT2D eigenvalue weighted by Gasteiger charge is -2.14. The van der Waals surface area contributed by atoms with Gasteiger partial charge in [0.25, 0.3) is 5.91 Å². The number of amides is 1. The molecular weight excluding hydrogens is 246 g/mol. The third kappa shape index (κ3) is 1.82. The molecule has 1 aliphatic heterocycles. The van der Waals surface area contributed by atoms with Crippen LogP contribution in [0.3, 0.4) is 0 Å². The van der Waals surface area contributed by atoms with Crippen molar-refractivity contribution in [3.05, 3.63) is 18.0 Å². The lowest BCUT2D eigenvalue weighted by molar-refractivity contribution is 0.0782. The second-order valence-corrected chi connectivity index (χ2v) is 4.18. The number of rotatable bonds is 2. The van der Waals surface area contributed by atoms with Crippen LogP contribution >= 0.6 is 15.9 Å². The summed E-state index contributed by atoms with van der Waals surface area (Å²) >= 11 is 3.44. The molecule has 0 aromatic carbocycles. The van der Waals surface area contributed by atoms with Crippen molar-refractivity contribution in [3.8, 4) is 0 Å². The highest BCUT2D eigenvalue weighted by atomic mass is 79.9. The molecule has 1 aromatic rings. The minimum absolute atomic E-state index is 0.0611. The van der Waals surface area contributed by atoms with E-state index in [0.717, 1.165) is 24.8 Å². The minimum Gasteiger partial charge on any atom is -0.337 e. The van der Waals surface area contributed by atoms with Gasteiger partial charge in [-0.2, -0.15) is 5.10 Å². The lowest BCUT2D eigenvalue weighted by Crippen LogP contribution is -2.29. The number of halogens is 1. The first-order valence-corrected chi connectivity index (χ1v) is 5.78. The van der Waals surface area contributed by atoms with Gasteiger partial charge in [0.1, 0.15) is 5.69 Å². The maximum Gasteiger partial charge on any atom is 0.271 e. The molecule has 1 atom stereocenters. The fraction of sp³-hybridized carbons (Fsp3) is 0.556. The Balaban J connectivity index is 2.00. The molecule has 1 amide bonds. The van der Waals surface area contributed by atoms with E-state index in [-0.39, 0.29) is 5.91 Å². The van der Waals surface area contributed by atoms with Crippen molar-refractivity contribution < 1.29 is 4.79 Å². The van der Waals surface area contributed by atoms with Crippen LogP contribution in [0.5, 0.6) is 0 Å². The summed E-state index contributed by atoms with van der Waals surface area (Å²) in [5, 5.41) is 7.44. The van der Waals surface area contributed by atoms with Crippen LogP contribution in [0.25, 0.3) is 0 Å². The zero-order valence-electron chi connectivity index (χ0n) is 7.74. The predicted octanol–water partition coefficient (Wildman–Crippen LogP) is 1.27. The predicted molar refractivity (Wildman–Crippen MR) is 56.4 cm³/mol. The van der Waals surface area contributed by atoms with Gasteiger partial charge >= 0.3 is 0 Å². The molecule has 1 saturated heterocycles. The van der Waals surface area contributed by atoms with Gasteiger partial charge in [-0.25, -0.2) is 0 Å². The summed E-state index contributed by atoms with van der Waals surface area (Å²) < 4.78 is 0. The molecule has 0 aliphatic carbocycles. The molecule has 76 valence electrons. The van der Waals surface area contributed by atoms with E-state index in [1.165, 1.54) is 0 Å². The first-order valence-electron chi connectivity index (χ1n) is 4.66. The molecule has 1 aliphatic rings. The zero-order valence-corrected chi connectivity index (χ0v) is 9.33. The highest BCUT2D eigenvalue weighted by Crippen LogP contribution is 2.19. The van der Waals surface area contributed by atoms with Crippen LogP contribution in [0.15, 0.2) is 12.3 Å². The van der Waals surface area contributed by atoms with E-state index in [2.05, 4.69) is 26.1 Å². The average molecular weight is 258 g/mol. The molecule has 1 fully saturated rings. The largest absolute Gasteiger partial charge is 0.337 e. The Morgan fingerprint density at radius 2 is 2.64 bits per heavy atom. The molecule has 1 aromatic heterocycles. The third-order valence-corrected chi connectivity index (χ3v) is 3.44. The van der Waals surface area contributed by atoms with E-state index in [1.54, 1.807) is 12.3 Å². The molecule has 0 radical (unpaired) electrons. The average Bonchev–Trinajstić information content (AvgIpc) is 2.88. The van der Waals surface area contributed by atoms with E-state index in [1.807, 2.05) is 4.90 Å². The van der Waals surface area contributed by atoms with E-state index >= 15 is 0 Å². The highest BCUT2D eigenvalue weighted by molar-refractivity contribution is 9.09. The molecule has 0 spiro atoms. The Morgan fingerprint density at radius 1 is 1.79 bits per heavy atom. The molecule has 0 saturated carbocycles. The van der Waals surface area contributed by atoms with Crippen molar-refractivity contribution in [3.63, 3.8) is 0 Å². The Kier molecular flexibility index (Phi) is 2.86. The second kappa shape index (κ2) is 4.13. The molecule has 14 heavy (non-hydrogen) atoms. The maximum atomic E-state index is 11.8. The summed E-state index contributed by atoms with van der Waals surface area (Å²) in [7, 11) is 0. The van der Waals surface area contributed by atoms with E-state index < -0.39 is 0 Å². The number of aromatic nitrogens is 2. The SMILES string of the molecule is O=C(c1ccn[nH]1)N1CCC(CBr)C1. The van der Waals surface area contributed by atoms with Crippen molar-refractivity contribution in [2.45, 2.75) is 6.42 Å². The Hall–Kier alpha value is -0.840. The summed E-state index contributed by atoms with van der Waals surface area (Å²) in [5.41, 5.74) is 0.584. The molecule has 1 unspecified atom stereocenters. The molecule has 4 nitrogen and oxygen atoms in total. The fourth-order valence-electron chi connectivity index (χ4n) is 1.69. The van der Waals surface area contributed by atoms with Gasteiger partial charge in [-0.3, -0.25) is 9.89 Å². The summed E-state index contributed by atoms with van der Waals surface area (Å²) in [6.45, 7) is 1.71. The summed E-state index contributed by atoms with van der Waals surface area (Å²) in [6.07, 6.45) is 2.69. The summed E-state index contributed by atoms with van der Waals surface area (Å²) in [4.78, 5) is 13.7. The van der Waals surface area contributed by atoms with Crippen LogP contribution in [0.2, 0.25) is 0 Å². The van der Waals surface area contributed by atoms with Crippen LogP contribution in [-0.2, 0) is 0 Å². The normalized spacial score (nSPS) is 21.5. The number of hydrogen-bond donors (Lipinski definition) is 1. The van der Waals surface area contributed by atoms with Crippen molar-refractivity contribution in [1.82, 2.24) is 15.1 Å². The molecular formula is C9H12BrN3O. The number of aromatic amines is 1. The monoisotopic (exact) mass is 257 g/mol. The quantitative estimate of drug-likeness (QED) is 0.812. The van der Waals surface area contributed by atoms with Gasteiger partial charge in [-0.15, -0.1) is 0 Å². The smallest absolute Gasteiger partial charge is 0.271 e. The van der Waals surface area contributed by atoms with Crippen LogP contribution < -0.4 is 0 Å². The van der Waals surface area contributed by atoms with Crippen molar-refractivity contribution in [2.24, 2.45) is 5.92 Å². The number of carbonyl (C=O) groups is 1. The Labute approximate surface area is 90.8 Å². The maximum absolute atomic E-state index is 11.8. The third-order valence-electron chi connectivity index (χ3n) is 2.52. The van der Waals surface area contributed by atoms with E-state index in [9.17, 15) is 4.79 Å². The number of carbonyl (C=O) groups excluding carboxylic acids is 1. The summed E-state index contributed by atoms with van der Waals surface area (Å²) in [6, 6.07) is 1.71. The van der Waals surface area contributed by atoms with Crippen molar-refractivity contribution in [2.75, 3.05) is 18.4 Å². The number of hydrogen-bond acceptors (Lipinski definition) is 2. The van der Waals surface area contributed by atoms with E-state index in [0.29, 0.717) is 11.6 Å². The van der Waals surface area contributed by atoms with Crippen LogP contribution in [0.4, 0.5) is 0 Å². The molecule has 1 N–H and O–H groups in total. The number of alkyl halides is 1. The van der Waals surface area contributed by atoms with Crippen LogP contribution in [0, 0.1) is 5.92 Å². The molecule has 0 bridgehead atoms. The summed E-state index contributed by atoms with van der Waals surface area (Å²) in [5.74, 6) is 0.660. The van der Waals surface area contributed by atoms with Crippen LogP contribution in [0.1, 0.15) is 16.9 Å². The number of likely N-dealkylation sites (tertiary alicyclic amines) is 1. The number of nitrogens with zero attached hydrogens (tertiary/aromatic N) is 2. The first-order chi connectivity index (χ1) is 6.81. The van der Waals surface area contributed by atoms with E-state index in [4.69, 9.17) is 0 Å². The second-order valence-electron chi connectivity index (χ2n) is 3.53. The molecule has 5 heteroatoms.